The van der Waals surface area contributed by atoms with Crippen molar-refractivity contribution < 1.29 is 14.6 Å². The number of rotatable bonds is 4. The van der Waals surface area contributed by atoms with Crippen LogP contribution in [0.15, 0.2) is 24.3 Å². The average Bonchev–Trinajstić information content (AvgIpc) is 2.84. The van der Waals surface area contributed by atoms with E-state index in [1.165, 1.54) is 38.5 Å². The molecule has 0 aromatic heterocycles. The number of carboxylic acids is 1. The molecule has 4 heteroatoms. The molecule has 2 atom stereocenters. The van der Waals surface area contributed by atoms with Gasteiger partial charge in [0.05, 0.1) is 13.0 Å². The van der Waals surface area contributed by atoms with E-state index in [9.17, 15) is 9.90 Å². The van der Waals surface area contributed by atoms with Crippen molar-refractivity contribution in [3.05, 3.63) is 29.8 Å². The second-order valence-electron chi connectivity index (χ2n) is 6.92. The van der Waals surface area contributed by atoms with Gasteiger partial charge in [0.15, 0.2) is 0 Å². The van der Waals surface area contributed by atoms with Gasteiger partial charge >= 0.3 is 5.97 Å². The van der Waals surface area contributed by atoms with Crippen LogP contribution in [-0.2, 0) is 4.79 Å². The predicted molar refractivity (Wildman–Crippen MR) is 89.9 cm³/mol. The molecule has 2 aliphatic rings. The number of hydrogen-bond donors (Lipinski definition) is 1. The number of methoxy groups -OCH3 is 1. The lowest BCUT2D eigenvalue weighted by Gasteiger charge is -2.26. The molecular weight excluding hydrogens is 290 g/mol. The highest BCUT2D eigenvalue weighted by atomic mass is 16.5. The van der Waals surface area contributed by atoms with E-state index in [1.807, 2.05) is 24.3 Å². The van der Waals surface area contributed by atoms with Crippen molar-refractivity contribution in [2.24, 2.45) is 5.92 Å². The Hall–Kier alpha value is -1.55. The first-order valence-corrected chi connectivity index (χ1v) is 8.80. The van der Waals surface area contributed by atoms with Crippen LogP contribution in [0.3, 0.4) is 0 Å². The molecule has 0 bridgehead atoms. The smallest absolute Gasteiger partial charge is 0.308 e. The summed E-state index contributed by atoms with van der Waals surface area (Å²) >= 11 is 0. The molecule has 0 amide bonds. The molecular formula is C19H27NO3. The molecule has 0 spiro atoms. The molecule has 1 N–H and O–H groups in total. The molecule has 126 valence electrons. The van der Waals surface area contributed by atoms with Crippen molar-refractivity contribution in [1.82, 2.24) is 4.90 Å². The van der Waals surface area contributed by atoms with Crippen molar-refractivity contribution >= 4 is 5.97 Å². The minimum absolute atomic E-state index is 0.0849. The minimum Gasteiger partial charge on any atom is -0.497 e. The molecule has 1 saturated heterocycles. The van der Waals surface area contributed by atoms with Gasteiger partial charge in [-0.05, 0) is 30.5 Å². The molecule has 1 saturated carbocycles. The van der Waals surface area contributed by atoms with E-state index < -0.39 is 5.97 Å². The Labute approximate surface area is 138 Å². The Balaban J connectivity index is 1.76. The third-order valence-corrected chi connectivity index (χ3v) is 5.55. The van der Waals surface area contributed by atoms with Gasteiger partial charge in [-0.2, -0.15) is 0 Å². The second kappa shape index (κ2) is 7.35. The van der Waals surface area contributed by atoms with Gasteiger partial charge in [-0.3, -0.25) is 9.69 Å². The van der Waals surface area contributed by atoms with Gasteiger partial charge < -0.3 is 9.84 Å². The fraction of sp³-hybridized carbons (Fsp3) is 0.632. The number of aliphatic carboxylic acids is 1. The Morgan fingerprint density at radius 3 is 2.30 bits per heavy atom. The van der Waals surface area contributed by atoms with Gasteiger partial charge in [0.2, 0.25) is 0 Å². The summed E-state index contributed by atoms with van der Waals surface area (Å²) in [5, 5.41) is 9.67. The molecule has 2 fully saturated rings. The van der Waals surface area contributed by atoms with Gasteiger partial charge in [-0.15, -0.1) is 0 Å². The van der Waals surface area contributed by atoms with Crippen molar-refractivity contribution in [3.8, 4) is 5.75 Å². The number of carbonyl (C=O) groups is 1. The molecule has 3 rings (SSSR count). The Kier molecular flexibility index (Phi) is 5.21. The number of carboxylic acid groups (broad SMARTS) is 1. The van der Waals surface area contributed by atoms with E-state index in [0.29, 0.717) is 12.6 Å². The summed E-state index contributed by atoms with van der Waals surface area (Å²) in [6, 6.07) is 8.49. The van der Waals surface area contributed by atoms with Crippen LogP contribution in [0.1, 0.15) is 50.0 Å². The highest BCUT2D eigenvalue weighted by Crippen LogP contribution is 2.36. The van der Waals surface area contributed by atoms with Crippen LogP contribution in [0.2, 0.25) is 0 Å². The fourth-order valence-corrected chi connectivity index (χ4v) is 4.19. The summed E-state index contributed by atoms with van der Waals surface area (Å²) in [7, 11) is 1.65. The molecule has 23 heavy (non-hydrogen) atoms. The Bertz CT molecular complexity index is 520. The first-order chi connectivity index (χ1) is 11.2. The summed E-state index contributed by atoms with van der Waals surface area (Å²) in [6.45, 7) is 1.56. The summed E-state index contributed by atoms with van der Waals surface area (Å²) in [4.78, 5) is 14.2. The van der Waals surface area contributed by atoms with Crippen LogP contribution < -0.4 is 4.74 Å². The lowest BCUT2D eigenvalue weighted by atomic mass is 9.89. The molecule has 0 unspecified atom stereocenters. The lowest BCUT2D eigenvalue weighted by Crippen LogP contribution is -2.33. The summed E-state index contributed by atoms with van der Waals surface area (Å²) in [5.74, 6) is -0.0607. The molecule has 1 aromatic rings. The highest BCUT2D eigenvalue weighted by Gasteiger charge is 2.40. The van der Waals surface area contributed by atoms with E-state index in [0.717, 1.165) is 17.9 Å². The normalized spacial score (nSPS) is 26.8. The first kappa shape index (κ1) is 16.3. The van der Waals surface area contributed by atoms with Crippen molar-refractivity contribution in [2.75, 3.05) is 20.2 Å². The zero-order valence-electron chi connectivity index (χ0n) is 13.9. The SMILES string of the molecule is COc1ccc([C@@H]2CN(C3CCCCCC3)C[C@H]2C(=O)O)cc1. The summed E-state index contributed by atoms with van der Waals surface area (Å²) < 4.78 is 5.21. The van der Waals surface area contributed by atoms with Crippen molar-refractivity contribution in [3.63, 3.8) is 0 Å². The number of likely N-dealkylation sites (tertiary alicyclic amines) is 1. The van der Waals surface area contributed by atoms with Crippen molar-refractivity contribution in [2.45, 2.75) is 50.5 Å². The topological polar surface area (TPSA) is 49.8 Å². The molecule has 1 aliphatic carbocycles. The van der Waals surface area contributed by atoms with E-state index in [4.69, 9.17) is 4.74 Å². The monoisotopic (exact) mass is 317 g/mol. The standard InChI is InChI=1S/C19H27NO3/c1-23-16-10-8-14(9-11-16)17-12-20(13-18(17)19(21)22)15-6-4-2-3-5-7-15/h8-11,15,17-18H,2-7,12-13H2,1H3,(H,21,22)/t17-,18+/m0/s1. The predicted octanol–water partition coefficient (Wildman–Crippen LogP) is 3.52. The zero-order chi connectivity index (χ0) is 16.2. The molecule has 0 radical (unpaired) electrons. The van der Waals surface area contributed by atoms with Gasteiger partial charge in [0.25, 0.3) is 0 Å². The highest BCUT2D eigenvalue weighted by molar-refractivity contribution is 5.72. The summed E-state index contributed by atoms with van der Waals surface area (Å²) in [6.07, 6.45) is 7.67. The Morgan fingerprint density at radius 1 is 1.09 bits per heavy atom. The van der Waals surface area contributed by atoms with Gasteiger partial charge in [0, 0.05) is 25.0 Å². The van der Waals surface area contributed by atoms with Gasteiger partial charge in [-0.1, -0.05) is 37.8 Å². The van der Waals surface area contributed by atoms with E-state index in [2.05, 4.69) is 4.90 Å². The number of ether oxygens (including phenoxy) is 1. The molecule has 1 aromatic carbocycles. The maximum atomic E-state index is 11.8. The summed E-state index contributed by atoms with van der Waals surface area (Å²) in [5.41, 5.74) is 1.12. The van der Waals surface area contributed by atoms with Crippen molar-refractivity contribution in [1.29, 1.82) is 0 Å². The first-order valence-electron chi connectivity index (χ1n) is 8.80. The van der Waals surface area contributed by atoms with Gasteiger partial charge in [0.1, 0.15) is 5.75 Å². The maximum absolute atomic E-state index is 11.8. The van der Waals surface area contributed by atoms with Crippen LogP contribution in [0.4, 0.5) is 0 Å². The molecule has 4 nitrogen and oxygen atoms in total. The van der Waals surface area contributed by atoms with Gasteiger partial charge in [-0.25, -0.2) is 0 Å². The van der Waals surface area contributed by atoms with E-state index in [-0.39, 0.29) is 11.8 Å². The van der Waals surface area contributed by atoms with Crippen LogP contribution in [0.25, 0.3) is 0 Å². The zero-order valence-corrected chi connectivity index (χ0v) is 13.9. The van der Waals surface area contributed by atoms with Crippen LogP contribution in [0, 0.1) is 5.92 Å². The van der Waals surface area contributed by atoms with E-state index in [1.54, 1.807) is 7.11 Å². The van der Waals surface area contributed by atoms with E-state index >= 15 is 0 Å². The quantitative estimate of drug-likeness (QED) is 0.863. The third-order valence-electron chi connectivity index (χ3n) is 5.55. The van der Waals surface area contributed by atoms with Crippen LogP contribution in [-0.4, -0.2) is 42.2 Å². The van der Waals surface area contributed by atoms with Crippen LogP contribution in [0.5, 0.6) is 5.75 Å². The minimum atomic E-state index is -0.665. The average molecular weight is 317 g/mol. The van der Waals surface area contributed by atoms with Crippen LogP contribution >= 0.6 is 0 Å². The fourth-order valence-electron chi connectivity index (χ4n) is 4.19. The second-order valence-corrected chi connectivity index (χ2v) is 6.92. The molecule has 1 aliphatic heterocycles. The number of nitrogens with zero attached hydrogens (tertiary/aromatic N) is 1. The number of benzene rings is 1. The maximum Gasteiger partial charge on any atom is 0.308 e. The lowest BCUT2D eigenvalue weighted by molar-refractivity contribution is -0.141. The number of hydrogen-bond acceptors (Lipinski definition) is 3. The third kappa shape index (κ3) is 3.69. The molecule has 1 heterocycles. The largest absolute Gasteiger partial charge is 0.497 e. The Morgan fingerprint density at radius 2 is 1.74 bits per heavy atom.